The van der Waals surface area contributed by atoms with E-state index in [0.29, 0.717) is 11.6 Å². The van der Waals surface area contributed by atoms with Gasteiger partial charge in [-0.3, -0.25) is 14.5 Å². The van der Waals surface area contributed by atoms with Crippen molar-refractivity contribution in [1.82, 2.24) is 14.6 Å². The van der Waals surface area contributed by atoms with Gasteiger partial charge in [0.1, 0.15) is 0 Å². The second-order valence-corrected chi connectivity index (χ2v) is 5.29. The molecule has 3 heterocycles. The van der Waals surface area contributed by atoms with Gasteiger partial charge < -0.3 is 5.73 Å². The van der Waals surface area contributed by atoms with Gasteiger partial charge in [0.05, 0.1) is 5.92 Å². The lowest BCUT2D eigenvalue weighted by molar-refractivity contribution is -0.123. The molecular weight excluding hydrogens is 314 g/mol. The molecule has 0 bridgehead atoms. The van der Waals surface area contributed by atoms with Crippen molar-refractivity contribution in [3.05, 3.63) is 22.8 Å². The van der Waals surface area contributed by atoms with Crippen molar-refractivity contribution < 1.29 is 9.59 Å². The molecule has 2 N–H and O–H groups in total. The molecule has 2 aromatic rings. The highest BCUT2D eigenvalue weighted by Gasteiger charge is 2.35. The summed E-state index contributed by atoms with van der Waals surface area (Å²) in [4.78, 5) is 28.6. The second kappa shape index (κ2) is 4.30. The minimum absolute atomic E-state index is 0.120. The predicted molar refractivity (Wildman–Crippen MR) is 70.3 cm³/mol. The molecule has 1 fully saturated rings. The Morgan fingerprint density at radius 3 is 2.95 bits per heavy atom. The first-order valence-electron chi connectivity index (χ1n) is 5.66. The highest BCUT2D eigenvalue weighted by molar-refractivity contribution is 9.10. The van der Waals surface area contributed by atoms with Crippen molar-refractivity contribution in [2.24, 2.45) is 11.7 Å². The number of rotatable bonds is 2. The Balaban J connectivity index is 1.96. The number of halogens is 1. The number of nitrogens with zero attached hydrogens (tertiary/aromatic N) is 4. The third kappa shape index (κ3) is 2.07. The summed E-state index contributed by atoms with van der Waals surface area (Å²) in [5.74, 6) is -0.821. The zero-order valence-electron chi connectivity index (χ0n) is 9.78. The lowest BCUT2D eigenvalue weighted by Gasteiger charge is -2.10. The third-order valence-corrected chi connectivity index (χ3v) is 3.52. The number of carbonyl (C=O) groups excluding carboxylic acids is 2. The highest BCUT2D eigenvalue weighted by atomic mass is 79.9. The van der Waals surface area contributed by atoms with Gasteiger partial charge in [-0.2, -0.15) is 4.98 Å². The quantitative estimate of drug-likeness (QED) is 0.861. The smallest absolute Gasteiger partial charge is 0.252 e. The van der Waals surface area contributed by atoms with Crippen LogP contribution < -0.4 is 10.6 Å². The Bertz CT molecular complexity index is 683. The molecule has 19 heavy (non-hydrogen) atoms. The van der Waals surface area contributed by atoms with Gasteiger partial charge in [-0.1, -0.05) is 0 Å². The van der Waals surface area contributed by atoms with Crippen LogP contribution in [0.1, 0.15) is 6.42 Å². The molecular formula is C11H10BrN5O2. The summed E-state index contributed by atoms with van der Waals surface area (Å²) in [5.41, 5.74) is 5.86. The molecule has 1 aliphatic heterocycles. The number of amides is 2. The molecule has 8 heteroatoms. The van der Waals surface area contributed by atoms with Crippen LogP contribution in [0.5, 0.6) is 0 Å². The molecule has 7 nitrogen and oxygen atoms in total. The molecule has 98 valence electrons. The van der Waals surface area contributed by atoms with E-state index in [2.05, 4.69) is 26.0 Å². The molecule has 0 radical (unpaired) electrons. The molecule has 0 aliphatic carbocycles. The van der Waals surface area contributed by atoms with E-state index in [4.69, 9.17) is 5.73 Å². The Labute approximate surface area is 116 Å². The number of nitrogens with two attached hydrogens (primary N) is 1. The Morgan fingerprint density at radius 1 is 1.47 bits per heavy atom. The zero-order chi connectivity index (χ0) is 13.6. The monoisotopic (exact) mass is 323 g/mol. The summed E-state index contributed by atoms with van der Waals surface area (Å²) in [6.07, 6.45) is 1.87. The predicted octanol–water partition coefficient (Wildman–Crippen LogP) is 0.330. The molecule has 0 spiro atoms. The summed E-state index contributed by atoms with van der Waals surface area (Å²) >= 11 is 3.34. The Hall–Kier alpha value is -1.96. The van der Waals surface area contributed by atoms with E-state index < -0.39 is 11.8 Å². The van der Waals surface area contributed by atoms with Crippen LogP contribution in [0.25, 0.3) is 5.65 Å². The van der Waals surface area contributed by atoms with E-state index in [1.165, 1.54) is 4.90 Å². The maximum Gasteiger partial charge on any atom is 0.252 e. The molecule has 0 saturated carbocycles. The first kappa shape index (κ1) is 12.1. The molecule has 1 saturated heterocycles. The Morgan fingerprint density at radius 2 is 2.26 bits per heavy atom. The van der Waals surface area contributed by atoms with Crippen LogP contribution in [-0.4, -0.2) is 33.0 Å². The van der Waals surface area contributed by atoms with E-state index in [9.17, 15) is 9.59 Å². The minimum Gasteiger partial charge on any atom is -0.369 e. The fourth-order valence-corrected chi connectivity index (χ4v) is 2.38. The van der Waals surface area contributed by atoms with Crippen LogP contribution in [0.3, 0.4) is 0 Å². The lowest BCUT2D eigenvalue weighted by Crippen LogP contribution is -2.29. The van der Waals surface area contributed by atoms with Crippen LogP contribution in [-0.2, 0) is 9.59 Å². The van der Waals surface area contributed by atoms with Crippen LogP contribution in [0.2, 0.25) is 0 Å². The van der Waals surface area contributed by atoms with Crippen molar-refractivity contribution in [3.8, 4) is 0 Å². The van der Waals surface area contributed by atoms with Gasteiger partial charge in [-0.15, -0.1) is 5.10 Å². The van der Waals surface area contributed by atoms with Gasteiger partial charge in [0.15, 0.2) is 5.65 Å². The van der Waals surface area contributed by atoms with Gasteiger partial charge in [-0.05, 0) is 28.1 Å². The fraction of sp³-hybridized carbons (Fsp3) is 0.273. The average molecular weight is 324 g/mol. The van der Waals surface area contributed by atoms with Crippen LogP contribution in [0.4, 0.5) is 5.95 Å². The largest absolute Gasteiger partial charge is 0.369 e. The number of fused-ring (bicyclic) bond motifs is 1. The van der Waals surface area contributed by atoms with Gasteiger partial charge in [-0.25, -0.2) is 4.52 Å². The van der Waals surface area contributed by atoms with Crippen LogP contribution >= 0.6 is 15.9 Å². The fourth-order valence-electron chi connectivity index (χ4n) is 2.05. The number of hydrogen-bond acceptors (Lipinski definition) is 4. The van der Waals surface area contributed by atoms with Gasteiger partial charge in [0.2, 0.25) is 11.8 Å². The van der Waals surface area contributed by atoms with E-state index in [-0.39, 0.29) is 18.9 Å². The second-order valence-electron chi connectivity index (χ2n) is 4.37. The molecule has 1 unspecified atom stereocenters. The van der Waals surface area contributed by atoms with Gasteiger partial charge in [0, 0.05) is 23.6 Å². The van der Waals surface area contributed by atoms with Gasteiger partial charge >= 0.3 is 0 Å². The summed E-state index contributed by atoms with van der Waals surface area (Å²) in [6.45, 7) is 0.242. The topological polar surface area (TPSA) is 93.6 Å². The van der Waals surface area contributed by atoms with E-state index in [1.54, 1.807) is 16.8 Å². The number of hydrogen-bond donors (Lipinski definition) is 1. The SMILES string of the molecule is NC(=O)C1CC(=O)N(c2nc3ccc(Br)cn3n2)C1. The Kier molecular flexibility index (Phi) is 2.74. The summed E-state index contributed by atoms with van der Waals surface area (Å²) < 4.78 is 2.43. The van der Waals surface area contributed by atoms with Crippen molar-refractivity contribution in [2.45, 2.75) is 6.42 Å². The van der Waals surface area contributed by atoms with E-state index in [0.717, 1.165) is 4.47 Å². The first-order valence-corrected chi connectivity index (χ1v) is 6.45. The van der Waals surface area contributed by atoms with Crippen LogP contribution in [0.15, 0.2) is 22.8 Å². The molecule has 1 aliphatic rings. The van der Waals surface area contributed by atoms with Crippen molar-refractivity contribution >= 4 is 39.3 Å². The normalized spacial score (nSPS) is 19.3. The summed E-state index contributed by atoms with van der Waals surface area (Å²) in [5, 5.41) is 4.23. The molecule has 3 rings (SSSR count). The summed E-state index contributed by atoms with van der Waals surface area (Å²) in [6, 6.07) is 3.62. The van der Waals surface area contributed by atoms with Crippen molar-refractivity contribution in [3.63, 3.8) is 0 Å². The number of carbonyl (C=O) groups is 2. The standard InChI is InChI=1S/C11H10BrN5O2/c12-7-1-2-8-14-11(15-17(8)5-7)16-4-6(10(13)19)3-9(16)18/h1-2,5-6H,3-4H2,(H2,13,19). The van der Waals surface area contributed by atoms with E-state index >= 15 is 0 Å². The first-order chi connectivity index (χ1) is 9.04. The minimum atomic E-state index is -0.470. The molecule has 1 atom stereocenters. The zero-order valence-corrected chi connectivity index (χ0v) is 11.4. The summed E-state index contributed by atoms with van der Waals surface area (Å²) in [7, 11) is 0. The maximum atomic E-state index is 11.9. The van der Waals surface area contributed by atoms with Crippen molar-refractivity contribution in [1.29, 1.82) is 0 Å². The van der Waals surface area contributed by atoms with Crippen molar-refractivity contribution in [2.75, 3.05) is 11.4 Å². The third-order valence-electron chi connectivity index (χ3n) is 3.05. The lowest BCUT2D eigenvalue weighted by atomic mass is 10.1. The average Bonchev–Trinajstić information content (AvgIpc) is 2.91. The molecule has 2 aromatic heterocycles. The number of pyridine rings is 1. The highest BCUT2D eigenvalue weighted by Crippen LogP contribution is 2.23. The number of primary amides is 1. The maximum absolute atomic E-state index is 11.9. The van der Waals surface area contributed by atoms with E-state index in [1.807, 2.05) is 6.07 Å². The molecule has 2 amide bonds. The molecule has 0 aromatic carbocycles. The number of anilines is 1. The number of aromatic nitrogens is 3. The van der Waals surface area contributed by atoms with Gasteiger partial charge in [0.25, 0.3) is 5.95 Å². The van der Waals surface area contributed by atoms with Crippen LogP contribution in [0, 0.1) is 5.92 Å².